The second-order valence-corrected chi connectivity index (χ2v) is 6.13. The molecule has 3 heterocycles. The third-order valence-electron chi connectivity index (χ3n) is 4.56. The van der Waals surface area contributed by atoms with Crippen molar-refractivity contribution < 1.29 is 13.7 Å². The Bertz CT molecular complexity index is 645. The third kappa shape index (κ3) is 2.42. The Morgan fingerprint density at radius 3 is 2.91 bits per heavy atom. The van der Waals surface area contributed by atoms with Crippen molar-refractivity contribution in [3.8, 4) is 0 Å². The second kappa shape index (κ2) is 5.59. The molecule has 2 aliphatic rings. The lowest BCUT2D eigenvalue weighted by Crippen LogP contribution is -2.35. The van der Waals surface area contributed by atoms with Crippen molar-refractivity contribution in [2.75, 3.05) is 6.54 Å². The van der Waals surface area contributed by atoms with E-state index in [4.69, 9.17) is 8.94 Å². The molecule has 1 saturated heterocycles. The van der Waals surface area contributed by atoms with Crippen LogP contribution in [-0.4, -0.2) is 27.5 Å². The van der Waals surface area contributed by atoms with Crippen LogP contribution >= 0.6 is 0 Å². The highest BCUT2D eigenvalue weighted by Crippen LogP contribution is 2.43. The molecule has 1 aliphatic carbocycles. The molecule has 6 nitrogen and oxygen atoms in total. The average molecular weight is 301 g/mol. The first-order valence-electron chi connectivity index (χ1n) is 7.99. The van der Waals surface area contributed by atoms with Crippen LogP contribution in [0.25, 0.3) is 0 Å². The van der Waals surface area contributed by atoms with Crippen LogP contribution in [0.2, 0.25) is 0 Å². The van der Waals surface area contributed by atoms with Crippen molar-refractivity contribution >= 4 is 5.91 Å². The smallest absolute Gasteiger partial charge is 0.258 e. The molecular formula is C16H19N3O3. The van der Waals surface area contributed by atoms with Gasteiger partial charge in [-0.15, -0.1) is 0 Å². The van der Waals surface area contributed by atoms with Gasteiger partial charge in [0.15, 0.2) is 5.82 Å². The number of furan rings is 1. The number of nitrogens with zero attached hydrogens (tertiary/aromatic N) is 3. The molecule has 1 amide bonds. The van der Waals surface area contributed by atoms with E-state index in [0.717, 1.165) is 50.8 Å². The molecule has 0 radical (unpaired) electrons. The highest BCUT2D eigenvalue weighted by Gasteiger charge is 2.36. The van der Waals surface area contributed by atoms with E-state index in [1.807, 2.05) is 4.90 Å². The van der Waals surface area contributed by atoms with Crippen LogP contribution in [0.15, 0.2) is 27.7 Å². The largest absolute Gasteiger partial charge is 0.468 e. The number of amides is 1. The van der Waals surface area contributed by atoms with Gasteiger partial charge in [-0.2, -0.15) is 4.98 Å². The monoisotopic (exact) mass is 301 g/mol. The zero-order valence-corrected chi connectivity index (χ0v) is 12.4. The number of aromatic nitrogens is 2. The molecule has 0 unspecified atom stereocenters. The molecule has 0 aromatic carbocycles. The van der Waals surface area contributed by atoms with E-state index >= 15 is 0 Å². The predicted octanol–water partition coefficient (Wildman–Crippen LogP) is 3.30. The molecule has 4 rings (SSSR count). The first kappa shape index (κ1) is 13.5. The Morgan fingerprint density at radius 1 is 1.23 bits per heavy atom. The highest BCUT2D eigenvalue weighted by atomic mass is 16.5. The molecule has 2 aromatic heterocycles. The number of likely N-dealkylation sites (tertiary alicyclic amines) is 1. The van der Waals surface area contributed by atoms with Gasteiger partial charge in [-0.05, 0) is 31.7 Å². The van der Waals surface area contributed by atoms with Crippen molar-refractivity contribution in [3.63, 3.8) is 0 Å². The Kier molecular flexibility index (Phi) is 3.44. The molecular weight excluding hydrogens is 282 g/mol. The van der Waals surface area contributed by atoms with E-state index in [2.05, 4.69) is 10.1 Å². The first-order chi connectivity index (χ1) is 10.8. The fourth-order valence-corrected chi connectivity index (χ4v) is 3.26. The summed E-state index contributed by atoms with van der Waals surface area (Å²) in [5.74, 6) is 1.91. The summed E-state index contributed by atoms with van der Waals surface area (Å²) in [5.41, 5.74) is 0.706. The molecule has 22 heavy (non-hydrogen) atoms. The molecule has 0 spiro atoms. The summed E-state index contributed by atoms with van der Waals surface area (Å²) in [6.07, 6.45) is 9.27. The van der Waals surface area contributed by atoms with Crippen LogP contribution in [0.1, 0.15) is 72.4 Å². The number of hydrogen-bond donors (Lipinski definition) is 0. The van der Waals surface area contributed by atoms with E-state index in [0.29, 0.717) is 17.3 Å². The molecule has 1 aliphatic heterocycles. The molecule has 116 valence electrons. The maximum Gasteiger partial charge on any atom is 0.258 e. The summed E-state index contributed by atoms with van der Waals surface area (Å²) in [6.45, 7) is 0.729. The number of carbonyl (C=O) groups excluding carboxylic acids is 1. The van der Waals surface area contributed by atoms with E-state index in [9.17, 15) is 4.79 Å². The van der Waals surface area contributed by atoms with Crippen molar-refractivity contribution in [1.82, 2.24) is 15.0 Å². The highest BCUT2D eigenvalue weighted by molar-refractivity contribution is 5.95. The summed E-state index contributed by atoms with van der Waals surface area (Å²) >= 11 is 0. The van der Waals surface area contributed by atoms with E-state index in [1.54, 1.807) is 12.3 Å². The van der Waals surface area contributed by atoms with Gasteiger partial charge < -0.3 is 13.8 Å². The number of hydrogen-bond acceptors (Lipinski definition) is 5. The Hall–Kier alpha value is -2.11. The van der Waals surface area contributed by atoms with Gasteiger partial charge in [0, 0.05) is 12.5 Å². The van der Waals surface area contributed by atoms with Gasteiger partial charge in [0.2, 0.25) is 6.39 Å². The average Bonchev–Trinajstić information content (AvgIpc) is 3.10. The van der Waals surface area contributed by atoms with Crippen LogP contribution in [0.3, 0.4) is 0 Å². The summed E-state index contributed by atoms with van der Waals surface area (Å²) < 4.78 is 10.4. The zero-order chi connectivity index (χ0) is 14.9. The number of rotatable bonds is 3. The van der Waals surface area contributed by atoms with Crippen LogP contribution < -0.4 is 0 Å². The standard InChI is InChI=1S/C16H19N3O3/c20-16(12-7-9-21-14(12)11-5-6-11)19-8-3-1-2-4-13(19)15-17-10-22-18-15/h7,9-11,13H,1-6,8H2/t13-/m1/s1. The zero-order valence-electron chi connectivity index (χ0n) is 12.4. The first-order valence-corrected chi connectivity index (χ1v) is 7.99. The Labute approximate surface area is 128 Å². The SMILES string of the molecule is O=C(c1ccoc1C1CC1)N1CCCCC[C@@H]1c1ncon1. The maximum atomic E-state index is 13.1. The molecule has 6 heteroatoms. The third-order valence-corrected chi connectivity index (χ3v) is 4.56. The van der Waals surface area contributed by atoms with E-state index in [-0.39, 0.29) is 11.9 Å². The predicted molar refractivity (Wildman–Crippen MR) is 77.2 cm³/mol. The molecule has 1 atom stereocenters. The fourth-order valence-electron chi connectivity index (χ4n) is 3.26. The molecule has 0 bridgehead atoms. The molecule has 2 fully saturated rings. The quantitative estimate of drug-likeness (QED) is 0.869. The van der Waals surface area contributed by atoms with Crippen molar-refractivity contribution in [1.29, 1.82) is 0 Å². The van der Waals surface area contributed by atoms with Gasteiger partial charge >= 0.3 is 0 Å². The molecule has 2 aromatic rings. The van der Waals surface area contributed by atoms with Crippen molar-refractivity contribution in [3.05, 3.63) is 35.9 Å². The van der Waals surface area contributed by atoms with Gasteiger partial charge in [0.05, 0.1) is 17.9 Å². The minimum Gasteiger partial charge on any atom is -0.468 e. The minimum atomic E-state index is -0.101. The van der Waals surface area contributed by atoms with Crippen LogP contribution in [0, 0.1) is 0 Å². The lowest BCUT2D eigenvalue weighted by molar-refractivity contribution is 0.0668. The summed E-state index contributed by atoms with van der Waals surface area (Å²) in [4.78, 5) is 19.1. The van der Waals surface area contributed by atoms with Gasteiger partial charge in [0.1, 0.15) is 5.76 Å². The molecule has 1 saturated carbocycles. The van der Waals surface area contributed by atoms with Crippen LogP contribution in [0.4, 0.5) is 0 Å². The van der Waals surface area contributed by atoms with E-state index in [1.165, 1.54) is 6.39 Å². The maximum absolute atomic E-state index is 13.1. The van der Waals surface area contributed by atoms with Gasteiger partial charge in [0.25, 0.3) is 5.91 Å². The Morgan fingerprint density at radius 2 is 2.14 bits per heavy atom. The van der Waals surface area contributed by atoms with E-state index < -0.39 is 0 Å². The summed E-state index contributed by atoms with van der Waals surface area (Å²) in [7, 11) is 0. The summed E-state index contributed by atoms with van der Waals surface area (Å²) in [6, 6.07) is 1.70. The fraction of sp³-hybridized carbons (Fsp3) is 0.562. The number of carbonyl (C=O) groups is 1. The van der Waals surface area contributed by atoms with Gasteiger partial charge in [-0.25, -0.2) is 0 Å². The van der Waals surface area contributed by atoms with Gasteiger partial charge in [-0.1, -0.05) is 18.0 Å². The van der Waals surface area contributed by atoms with Crippen molar-refractivity contribution in [2.24, 2.45) is 0 Å². The normalized spacial score (nSPS) is 22.5. The van der Waals surface area contributed by atoms with Gasteiger partial charge in [-0.3, -0.25) is 4.79 Å². The minimum absolute atomic E-state index is 0.0346. The van der Waals surface area contributed by atoms with Crippen molar-refractivity contribution in [2.45, 2.75) is 50.5 Å². The van der Waals surface area contributed by atoms with Crippen LogP contribution in [-0.2, 0) is 0 Å². The lowest BCUT2D eigenvalue weighted by atomic mass is 10.1. The molecule has 0 N–H and O–H groups in total. The summed E-state index contributed by atoms with van der Waals surface area (Å²) in [5, 5.41) is 3.96. The Balaban J connectivity index is 1.65. The second-order valence-electron chi connectivity index (χ2n) is 6.13. The topological polar surface area (TPSA) is 72.4 Å². The lowest BCUT2D eigenvalue weighted by Gasteiger charge is -2.27. The van der Waals surface area contributed by atoms with Crippen LogP contribution in [0.5, 0.6) is 0 Å².